The molecule has 3 aromatic rings. The molecule has 3 rings (SSSR count). The average Bonchev–Trinajstić information content (AvgIpc) is 2.90. The largest absolute Gasteiger partial charge is 0.478 e. The van der Waals surface area contributed by atoms with Crippen LogP contribution in [-0.2, 0) is 6.54 Å². The van der Waals surface area contributed by atoms with Gasteiger partial charge in [0, 0.05) is 18.3 Å². The minimum Gasteiger partial charge on any atom is -0.478 e. The van der Waals surface area contributed by atoms with E-state index in [0.29, 0.717) is 12.1 Å². The third-order valence-corrected chi connectivity index (χ3v) is 3.46. The first-order valence-corrected chi connectivity index (χ1v) is 6.48. The Labute approximate surface area is 121 Å². The fraction of sp³-hybridized carbons (Fsp3) is 0.0588. The third-order valence-electron chi connectivity index (χ3n) is 3.46. The summed E-state index contributed by atoms with van der Waals surface area (Å²) in [7, 11) is 0. The monoisotopic (exact) mass is 276 g/mol. The molecule has 1 aromatic heterocycles. The van der Waals surface area contributed by atoms with Crippen LogP contribution < -0.4 is 0 Å². The predicted molar refractivity (Wildman–Crippen MR) is 79.2 cm³/mol. The highest BCUT2D eigenvalue weighted by Gasteiger charge is 2.05. The second-order valence-electron chi connectivity index (χ2n) is 4.83. The standard InChI is InChI=1S/C17H12N2O2/c18-10-13-3-4-14-7-8-19(16(14)9-13)11-12-1-5-15(6-2-12)17(20)21/h1-9H,11H2,(H,20,21). The van der Waals surface area contributed by atoms with E-state index in [-0.39, 0.29) is 5.56 Å². The van der Waals surface area contributed by atoms with Crippen LogP contribution in [0.2, 0.25) is 0 Å². The Morgan fingerprint density at radius 1 is 1.14 bits per heavy atom. The number of hydrogen-bond acceptors (Lipinski definition) is 2. The molecule has 1 N–H and O–H groups in total. The normalized spacial score (nSPS) is 10.4. The minimum atomic E-state index is -0.924. The van der Waals surface area contributed by atoms with Crippen LogP contribution in [0.3, 0.4) is 0 Å². The predicted octanol–water partition coefficient (Wildman–Crippen LogP) is 3.26. The van der Waals surface area contributed by atoms with Gasteiger partial charge in [-0.2, -0.15) is 5.26 Å². The van der Waals surface area contributed by atoms with Gasteiger partial charge in [0.05, 0.1) is 17.2 Å². The summed E-state index contributed by atoms with van der Waals surface area (Å²) in [5.41, 5.74) is 2.92. The van der Waals surface area contributed by atoms with Gasteiger partial charge in [0.1, 0.15) is 0 Å². The molecule has 4 nitrogen and oxygen atoms in total. The molecule has 0 aliphatic rings. The van der Waals surface area contributed by atoms with Crippen molar-refractivity contribution < 1.29 is 9.90 Å². The van der Waals surface area contributed by atoms with Gasteiger partial charge in [0.25, 0.3) is 0 Å². The quantitative estimate of drug-likeness (QED) is 0.798. The molecule has 0 aliphatic heterocycles. The summed E-state index contributed by atoms with van der Waals surface area (Å²) in [6.45, 7) is 0.637. The van der Waals surface area contributed by atoms with Gasteiger partial charge < -0.3 is 9.67 Å². The minimum absolute atomic E-state index is 0.280. The van der Waals surface area contributed by atoms with E-state index < -0.39 is 5.97 Å². The molecule has 0 saturated carbocycles. The topological polar surface area (TPSA) is 66.0 Å². The van der Waals surface area contributed by atoms with Crippen molar-refractivity contribution in [2.45, 2.75) is 6.54 Å². The first kappa shape index (κ1) is 12.9. The van der Waals surface area contributed by atoms with Crippen LogP contribution >= 0.6 is 0 Å². The maximum absolute atomic E-state index is 10.8. The summed E-state index contributed by atoms with van der Waals surface area (Å²) < 4.78 is 2.05. The number of carbonyl (C=O) groups is 1. The van der Waals surface area contributed by atoms with Crippen molar-refractivity contribution in [1.82, 2.24) is 4.57 Å². The van der Waals surface area contributed by atoms with Crippen LogP contribution in [0.15, 0.2) is 54.7 Å². The van der Waals surface area contributed by atoms with Gasteiger partial charge in [-0.05, 0) is 41.3 Å². The first-order chi connectivity index (χ1) is 10.2. The zero-order valence-electron chi connectivity index (χ0n) is 11.2. The first-order valence-electron chi connectivity index (χ1n) is 6.48. The van der Waals surface area contributed by atoms with Gasteiger partial charge in [-0.1, -0.05) is 18.2 Å². The molecule has 102 valence electrons. The van der Waals surface area contributed by atoms with Crippen molar-refractivity contribution in [2.24, 2.45) is 0 Å². The van der Waals surface area contributed by atoms with Gasteiger partial charge in [-0.15, -0.1) is 0 Å². The molecule has 0 bridgehead atoms. The Morgan fingerprint density at radius 3 is 2.57 bits per heavy atom. The van der Waals surface area contributed by atoms with E-state index >= 15 is 0 Å². The second-order valence-corrected chi connectivity index (χ2v) is 4.83. The molecule has 0 radical (unpaired) electrons. The molecule has 2 aromatic carbocycles. The lowest BCUT2D eigenvalue weighted by atomic mass is 10.1. The number of hydrogen-bond donors (Lipinski definition) is 1. The second kappa shape index (κ2) is 5.14. The molecule has 0 spiro atoms. The Morgan fingerprint density at radius 2 is 1.90 bits per heavy atom. The van der Waals surface area contributed by atoms with Gasteiger partial charge >= 0.3 is 5.97 Å². The number of nitriles is 1. The number of aromatic nitrogens is 1. The molecule has 0 fully saturated rings. The Bertz CT molecular complexity index is 855. The van der Waals surface area contributed by atoms with Crippen LogP contribution in [-0.4, -0.2) is 15.6 Å². The third kappa shape index (κ3) is 2.49. The fourth-order valence-corrected chi connectivity index (χ4v) is 2.34. The van der Waals surface area contributed by atoms with Gasteiger partial charge in [0.15, 0.2) is 0 Å². The summed E-state index contributed by atoms with van der Waals surface area (Å²) >= 11 is 0. The highest BCUT2D eigenvalue weighted by Crippen LogP contribution is 2.19. The molecule has 21 heavy (non-hydrogen) atoms. The lowest BCUT2D eigenvalue weighted by Crippen LogP contribution is -2.00. The molecule has 1 heterocycles. The van der Waals surface area contributed by atoms with Crippen molar-refractivity contribution in [3.63, 3.8) is 0 Å². The molecule has 4 heteroatoms. The number of fused-ring (bicyclic) bond motifs is 1. The van der Waals surface area contributed by atoms with Crippen LogP contribution in [0.4, 0.5) is 0 Å². The van der Waals surface area contributed by atoms with E-state index in [1.807, 2.05) is 41.1 Å². The van der Waals surface area contributed by atoms with E-state index in [0.717, 1.165) is 16.5 Å². The van der Waals surface area contributed by atoms with Crippen LogP contribution in [0, 0.1) is 11.3 Å². The average molecular weight is 276 g/mol. The molecule has 0 unspecified atom stereocenters. The number of nitrogens with zero attached hydrogens (tertiary/aromatic N) is 2. The van der Waals surface area contributed by atoms with E-state index in [1.165, 1.54) is 0 Å². The van der Waals surface area contributed by atoms with E-state index in [2.05, 4.69) is 6.07 Å². The molecule has 0 amide bonds. The van der Waals surface area contributed by atoms with Crippen LogP contribution in [0.1, 0.15) is 21.5 Å². The Hall–Kier alpha value is -3.06. The van der Waals surface area contributed by atoms with Crippen molar-refractivity contribution in [2.75, 3.05) is 0 Å². The highest BCUT2D eigenvalue weighted by molar-refractivity contribution is 5.87. The van der Waals surface area contributed by atoms with Crippen molar-refractivity contribution in [3.05, 3.63) is 71.4 Å². The number of carboxylic acid groups (broad SMARTS) is 1. The zero-order chi connectivity index (χ0) is 14.8. The lowest BCUT2D eigenvalue weighted by molar-refractivity contribution is 0.0697. The summed E-state index contributed by atoms with van der Waals surface area (Å²) in [6.07, 6.45) is 1.97. The lowest BCUT2D eigenvalue weighted by Gasteiger charge is -2.06. The van der Waals surface area contributed by atoms with Gasteiger partial charge in [-0.25, -0.2) is 4.79 Å². The molecular formula is C17H12N2O2. The van der Waals surface area contributed by atoms with Crippen molar-refractivity contribution in [1.29, 1.82) is 5.26 Å². The van der Waals surface area contributed by atoms with E-state index in [9.17, 15) is 4.79 Å². The smallest absolute Gasteiger partial charge is 0.335 e. The summed E-state index contributed by atoms with van der Waals surface area (Å²) in [5.74, 6) is -0.924. The summed E-state index contributed by atoms with van der Waals surface area (Å²) in [6, 6.07) is 16.6. The summed E-state index contributed by atoms with van der Waals surface area (Å²) in [5, 5.41) is 19.0. The SMILES string of the molecule is N#Cc1ccc2ccn(Cc3ccc(C(=O)O)cc3)c2c1. The Kier molecular flexibility index (Phi) is 3.17. The van der Waals surface area contributed by atoms with Gasteiger partial charge in [-0.3, -0.25) is 0 Å². The molecule has 0 aliphatic carbocycles. The van der Waals surface area contributed by atoms with E-state index in [4.69, 9.17) is 10.4 Å². The molecule has 0 atom stereocenters. The zero-order valence-corrected chi connectivity index (χ0v) is 11.2. The van der Waals surface area contributed by atoms with Crippen LogP contribution in [0.25, 0.3) is 10.9 Å². The van der Waals surface area contributed by atoms with Crippen molar-refractivity contribution in [3.8, 4) is 6.07 Å². The van der Waals surface area contributed by atoms with Gasteiger partial charge in [0.2, 0.25) is 0 Å². The molecular weight excluding hydrogens is 264 g/mol. The maximum atomic E-state index is 10.8. The molecule has 0 saturated heterocycles. The number of carboxylic acids is 1. The summed E-state index contributed by atoms with van der Waals surface area (Å²) in [4.78, 5) is 10.8. The number of benzene rings is 2. The van der Waals surface area contributed by atoms with E-state index in [1.54, 1.807) is 18.2 Å². The van der Waals surface area contributed by atoms with Crippen molar-refractivity contribution >= 4 is 16.9 Å². The highest BCUT2D eigenvalue weighted by atomic mass is 16.4. The maximum Gasteiger partial charge on any atom is 0.335 e. The fourth-order valence-electron chi connectivity index (χ4n) is 2.34. The Balaban J connectivity index is 1.94. The number of rotatable bonds is 3. The van der Waals surface area contributed by atoms with Crippen LogP contribution in [0.5, 0.6) is 0 Å². The number of aromatic carboxylic acids is 1.